The van der Waals surface area contributed by atoms with Crippen LogP contribution in [0.1, 0.15) is 11.1 Å². The summed E-state index contributed by atoms with van der Waals surface area (Å²) in [4.78, 5) is 4.41. The molecule has 0 fully saturated rings. The predicted molar refractivity (Wildman–Crippen MR) is 80.8 cm³/mol. The fourth-order valence-electron chi connectivity index (χ4n) is 2.31. The topological polar surface area (TPSA) is 43.8 Å². The van der Waals surface area contributed by atoms with Crippen molar-refractivity contribution in [1.29, 1.82) is 0 Å². The summed E-state index contributed by atoms with van der Waals surface area (Å²) >= 11 is 3.39. The molecule has 0 radical (unpaired) electrons. The molecule has 0 saturated carbocycles. The Labute approximate surface area is 124 Å². The summed E-state index contributed by atoms with van der Waals surface area (Å²) in [5, 5.41) is 1.06. The van der Waals surface area contributed by atoms with Gasteiger partial charge >= 0.3 is 0 Å². The molecule has 3 nitrogen and oxygen atoms in total. The summed E-state index contributed by atoms with van der Waals surface area (Å²) in [6.07, 6.45) is 3.77. The summed E-state index contributed by atoms with van der Waals surface area (Å²) in [5.41, 5.74) is 8.72. The third-order valence-electron chi connectivity index (χ3n) is 3.29. The van der Waals surface area contributed by atoms with Gasteiger partial charge < -0.3 is 10.3 Å². The number of hydrogen-bond donors (Lipinski definition) is 1. The Balaban J connectivity index is 2.06. The zero-order valence-electron chi connectivity index (χ0n) is 10.7. The molecule has 102 valence electrons. The minimum atomic E-state index is -0.251. The average molecular weight is 334 g/mol. The molecule has 5 heteroatoms. The molecule has 0 aliphatic heterocycles. The monoisotopic (exact) mass is 333 g/mol. The lowest BCUT2D eigenvalue weighted by Crippen LogP contribution is -2.00. The molecular formula is C15H13BrFN3. The van der Waals surface area contributed by atoms with Gasteiger partial charge in [-0.3, -0.25) is 0 Å². The third-order valence-corrected chi connectivity index (χ3v) is 4.03. The second-order valence-electron chi connectivity index (χ2n) is 4.60. The van der Waals surface area contributed by atoms with Gasteiger partial charge in [-0.15, -0.1) is 0 Å². The molecule has 2 aromatic heterocycles. The van der Waals surface area contributed by atoms with Crippen LogP contribution in [0.2, 0.25) is 0 Å². The van der Waals surface area contributed by atoms with E-state index >= 15 is 0 Å². The number of nitrogens with two attached hydrogens (primary N) is 1. The molecule has 0 unspecified atom stereocenters. The van der Waals surface area contributed by atoms with Crippen LogP contribution in [-0.2, 0) is 13.1 Å². The highest BCUT2D eigenvalue weighted by Gasteiger charge is 2.10. The summed E-state index contributed by atoms with van der Waals surface area (Å²) < 4.78 is 15.9. The third kappa shape index (κ3) is 2.34. The van der Waals surface area contributed by atoms with Gasteiger partial charge in [-0.05, 0) is 35.4 Å². The van der Waals surface area contributed by atoms with Gasteiger partial charge in [-0.25, -0.2) is 9.37 Å². The zero-order chi connectivity index (χ0) is 14.1. The van der Waals surface area contributed by atoms with Crippen LogP contribution < -0.4 is 5.73 Å². The number of aromatic nitrogens is 2. The molecule has 0 bridgehead atoms. The predicted octanol–water partition coefficient (Wildman–Crippen LogP) is 3.44. The molecule has 0 aliphatic carbocycles. The van der Waals surface area contributed by atoms with Gasteiger partial charge in [0, 0.05) is 28.8 Å². The lowest BCUT2D eigenvalue weighted by molar-refractivity contribution is 0.625. The van der Waals surface area contributed by atoms with Crippen molar-refractivity contribution >= 4 is 27.0 Å². The van der Waals surface area contributed by atoms with Crippen LogP contribution in [0.5, 0.6) is 0 Å². The van der Waals surface area contributed by atoms with E-state index in [4.69, 9.17) is 5.73 Å². The van der Waals surface area contributed by atoms with Crippen molar-refractivity contribution in [1.82, 2.24) is 9.55 Å². The summed E-state index contributed by atoms with van der Waals surface area (Å²) in [6.45, 7) is 1.09. The Bertz CT molecular complexity index is 767. The summed E-state index contributed by atoms with van der Waals surface area (Å²) in [5.74, 6) is -0.251. The molecule has 0 saturated heterocycles. The Hall–Kier alpha value is -1.72. The van der Waals surface area contributed by atoms with Gasteiger partial charge in [0.05, 0.1) is 6.54 Å². The lowest BCUT2D eigenvalue weighted by Gasteiger charge is -2.07. The van der Waals surface area contributed by atoms with E-state index in [1.807, 2.05) is 22.9 Å². The first-order chi connectivity index (χ1) is 9.69. The highest BCUT2D eigenvalue weighted by atomic mass is 79.9. The molecule has 2 heterocycles. The van der Waals surface area contributed by atoms with E-state index < -0.39 is 0 Å². The van der Waals surface area contributed by atoms with E-state index in [-0.39, 0.29) is 5.82 Å². The Morgan fingerprint density at radius 2 is 2.10 bits per heavy atom. The Morgan fingerprint density at radius 1 is 1.25 bits per heavy atom. The van der Waals surface area contributed by atoms with Crippen LogP contribution in [0.4, 0.5) is 4.39 Å². The van der Waals surface area contributed by atoms with Crippen LogP contribution in [0.15, 0.2) is 47.2 Å². The summed E-state index contributed by atoms with van der Waals surface area (Å²) in [7, 11) is 0. The minimum Gasteiger partial charge on any atom is -0.328 e. The van der Waals surface area contributed by atoms with E-state index in [0.29, 0.717) is 13.1 Å². The maximum absolute atomic E-state index is 13.1. The first-order valence-corrected chi connectivity index (χ1v) is 7.05. The molecule has 3 aromatic rings. The van der Waals surface area contributed by atoms with Crippen LogP contribution >= 0.6 is 15.9 Å². The van der Waals surface area contributed by atoms with Crippen molar-refractivity contribution < 1.29 is 4.39 Å². The Kier molecular flexibility index (Phi) is 3.54. The number of benzene rings is 1. The highest BCUT2D eigenvalue weighted by Crippen LogP contribution is 2.23. The molecule has 20 heavy (non-hydrogen) atoms. The fraction of sp³-hybridized carbons (Fsp3) is 0.133. The maximum atomic E-state index is 13.1. The van der Waals surface area contributed by atoms with Crippen molar-refractivity contribution in [2.24, 2.45) is 5.73 Å². The van der Waals surface area contributed by atoms with E-state index in [2.05, 4.69) is 20.9 Å². The first-order valence-electron chi connectivity index (χ1n) is 6.26. The molecule has 0 amide bonds. The average Bonchev–Trinajstić information content (AvgIpc) is 2.80. The van der Waals surface area contributed by atoms with Crippen molar-refractivity contribution in [3.05, 3.63) is 64.1 Å². The lowest BCUT2D eigenvalue weighted by atomic mass is 10.2. The van der Waals surface area contributed by atoms with Crippen LogP contribution in [0.3, 0.4) is 0 Å². The molecule has 2 N–H and O–H groups in total. The standard InChI is InChI=1S/C15H13BrFN3/c16-14-6-12(17)4-3-10(14)8-20-9-11(7-18)13-2-1-5-19-15(13)20/h1-6,9H,7-8,18H2. The van der Waals surface area contributed by atoms with Gasteiger partial charge in [0.15, 0.2) is 0 Å². The highest BCUT2D eigenvalue weighted by molar-refractivity contribution is 9.10. The molecule has 3 rings (SSSR count). The minimum absolute atomic E-state index is 0.251. The molecule has 0 spiro atoms. The van der Waals surface area contributed by atoms with Crippen molar-refractivity contribution in [2.75, 3.05) is 0 Å². The number of hydrogen-bond acceptors (Lipinski definition) is 2. The van der Waals surface area contributed by atoms with E-state index in [9.17, 15) is 4.39 Å². The molecule has 1 aromatic carbocycles. The number of rotatable bonds is 3. The van der Waals surface area contributed by atoms with Crippen LogP contribution in [0, 0.1) is 5.82 Å². The maximum Gasteiger partial charge on any atom is 0.140 e. The van der Waals surface area contributed by atoms with Gasteiger partial charge in [0.2, 0.25) is 0 Å². The first kappa shape index (κ1) is 13.3. The molecule has 0 atom stereocenters. The smallest absolute Gasteiger partial charge is 0.140 e. The summed E-state index contributed by atoms with van der Waals surface area (Å²) in [6, 6.07) is 8.62. The second kappa shape index (κ2) is 5.34. The number of halogens is 2. The number of nitrogens with zero attached hydrogens (tertiary/aromatic N) is 2. The van der Waals surface area contributed by atoms with Crippen LogP contribution in [-0.4, -0.2) is 9.55 Å². The van der Waals surface area contributed by atoms with Crippen molar-refractivity contribution in [3.8, 4) is 0 Å². The normalized spacial score (nSPS) is 11.2. The Morgan fingerprint density at radius 3 is 2.85 bits per heavy atom. The molecular weight excluding hydrogens is 321 g/mol. The van der Waals surface area contributed by atoms with Crippen molar-refractivity contribution in [2.45, 2.75) is 13.1 Å². The molecule has 0 aliphatic rings. The van der Waals surface area contributed by atoms with Gasteiger partial charge in [0.1, 0.15) is 11.5 Å². The van der Waals surface area contributed by atoms with E-state index in [1.54, 1.807) is 12.3 Å². The number of fused-ring (bicyclic) bond motifs is 1. The zero-order valence-corrected chi connectivity index (χ0v) is 12.3. The van der Waals surface area contributed by atoms with E-state index in [0.717, 1.165) is 26.6 Å². The van der Waals surface area contributed by atoms with Gasteiger partial charge in [-0.1, -0.05) is 22.0 Å². The second-order valence-corrected chi connectivity index (χ2v) is 5.45. The SMILES string of the molecule is NCc1cn(Cc2ccc(F)cc2Br)c2ncccc12. The van der Waals surface area contributed by atoms with Crippen LogP contribution in [0.25, 0.3) is 11.0 Å². The van der Waals surface area contributed by atoms with E-state index in [1.165, 1.54) is 12.1 Å². The van der Waals surface area contributed by atoms with Gasteiger partial charge in [-0.2, -0.15) is 0 Å². The number of pyridine rings is 1. The quantitative estimate of drug-likeness (QED) is 0.797. The van der Waals surface area contributed by atoms with Gasteiger partial charge in [0.25, 0.3) is 0 Å². The fourth-order valence-corrected chi connectivity index (χ4v) is 2.79. The van der Waals surface area contributed by atoms with Crippen molar-refractivity contribution in [3.63, 3.8) is 0 Å². The largest absolute Gasteiger partial charge is 0.328 e.